The number of aliphatic hydroxyl groups excluding tert-OH is 1. The first-order valence-corrected chi connectivity index (χ1v) is 5.69. The van der Waals surface area contributed by atoms with Crippen LogP contribution in [0.1, 0.15) is 11.1 Å². The van der Waals surface area contributed by atoms with Gasteiger partial charge in [0.25, 0.3) is 0 Å². The lowest BCUT2D eigenvalue weighted by Crippen LogP contribution is -1.91. The van der Waals surface area contributed by atoms with E-state index in [-0.39, 0.29) is 12.4 Å². The SMILES string of the molecule is Cc1ccc(O)cc1-c1cc(Cl)ccc1CO. The van der Waals surface area contributed by atoms with E-state index in [9.17, 15) is 10.2 Å². The summed E-state index contributed by atoms with van der Waals surface area (Å²) in [4.78, 5) is 0. The lowest BCUT2D eigenvalue weighted by Gasteiger charge is -2.11. The molecule has 2 N–H and O–H groups in total. The van der Waals surface area contributed by atoms with Crippen LogP contribution in [0.25, 0.3) is 11.1 Å². The van der Waals surface area contributed by atoms with Gasteiger partial charge in [0, 0.05) is 5.02 Å². The highest BCUT2D eigenvalue weighted by Gasteiger charge is 2.08. The summed E-state index contributed by atoms with van der Waals surface area (Å²) in [6, 6.07) is 10.5. The molecule has 3 heteroatoms. The van der Waals surface area contributed by atoms with E-state index >= 15 is 0 Å². The second kappa shape index (κ2) is 4.78. The van der Waals surface area contributed by atoms with Gasteiger partial charge in [0.15, 0.2) is 0 Å². The van der Waals surface area contributed by atoms with Crippen LogP contribution in [0.2, 0.25) is 5.02 Å². The molecule has 0 bridgehead atoms. The molecule has 0 saturated heterocycles. The molecular formula is C14H13ClO2. The van der Waals surface area contributed by atoms with Crippen molar-refractivity contribution in [2.75, 3.05) is 0 Å². The maximum atomic E-state index is 9.54. The predicted octanol–water partition coefficient (Wildman–Crippen LogP) is 3.51. The van der Waals surface area contributed by atoms with Gasteiger partial charge in [-0.05, 0) is 53.4 Å². The smallest absolute Gasteiger partial charge is 0.116 e. The Bertz CT molecular complexity index is 550. The van der Waals surface area contributed by atoms with Crippen LogP contribution in [0.3, 0.4) is 0 Å². The highest BCUT2D eigenvalue weighted by Crippen LogP contribution is 2.31. The van der Waals surface area contributed by atoms with Crippen molar-refractivity contribution in [1.29, 1.82) is 0 Å². The molecule has 0 amide bonds. The predicted molar refractivity (Wildman–Crippen MR) is 69.2 cm³/mol. The number of benzene rings is 2. The van der Waals surface area contributed by atoms with E-state index < -0.39 is 0 Å². The summed E-state index contributed by atoms with van der Waals surface area (Å²) in [6.07, 6.45) is 0. The molecule has 0 unspecified atom stereocenters. The maximum absolute atomic E-state index is 9.54. The van der Waals surface area contributed by atoms with Crippen molar-refractivity contribution in [1.82, 2.24) is 0 Å². The second-order valence-corrected chi connectivity index (χ2v) is 4.40. The fourth-order valence-corrected chi connectivity index (χ4v) is 2.01. The number of aryl methyl sites for hydroxylation is 1. The number of aliphatic hydroxyl groups is 1. The number of aromatic hydroxyl groups is 1. The molecule has 0 spiro atoms. The fraction of sp³-hybridized carbons (Fsp3) is 0.143. The number of halogens is 1. The van der Waals surface area contributed by atoms with Gasteiger partial charge in [-0.15, -0.1) is 0 Å². The Balaban J connectivity index is 2.66. The van der Waals surface area contributed by atoms with Gasteiger partial charge in [0.1, 0.15) is 5.75 Å². The summed E-state index contributed by atoms with van der Waals surface area (Å²) < 4.78 is 0. The average molecular weight is 249 g/mol. The Labute approximate surface area is 105 Å². The molecule has 0 aliphatic carbocycles. The first-order valence-electron chi connectivity index (χ1n) is 5.31. The summed E-state index contributed by atoms with van der Waals surface area (Å²) in [5.74, 6) is 0.203. The van der Waals surface area contributed by atoms with Crippen LogP contribution in [0.15, 0.2) is 36.4 Å². The van der Waals surface area contributed by atoms with Crippen molar-refractivity contribution in [3.05, 3.63) is 52.5 Å². The molecule has 0 aromatic heterocycles. The van der Waals surface area contributed by atoms with Crippen LogP contribution in [-0.2, 0) is 6.61 Å². The average Bonchev–Trinajstić information content (AvgIpc) is 2.32. The lowest BCUT2D eigenvalue weighted by molar-refractivity contribution is 0.282. The third-order valence-corrected chi connectivity index (χ3v) is 2.99. The summed E-state index contributed by atoms with van der Waals surface area (Å²) in [5.41, 5.74) is 3.56. The molecule has 0 heterocycles. The lowest BCUT2D eigenvalue weighted by atomic mass is 9.96. The number of hydrogen-bond acceptors (Lipinski definition) is 2. The van der Waals surface area contributed by atoms with E-state index in [0.29, 0.717) is 5.02 Å². The van der Waals surface area contributed by atoms with Crippen molar-refractivity contribution in [2.24, 2.45) is 0 Å². The summed E-state index contributed by atoms with van der Waals surface area (Å²) in [7, 11) is 0. The quantitative estimate of drug-likeness (QED) is 0.854. The van der Waals surface area contributed by atoms with Crippen molar-refractivity contribution in [3.63, 3.8) is 0 Å². The van der Waals surface area contributed by atoms with Crippen molar-refractivity contribution in [2.45, 2.75) is 13.5 Å². The van der Waals surface area contributed by atoms with Gasteiger partial charge < -0.3 is 10.2 Å². The molecule has 2 aromatic rings. The first-order chi connectivity index (χ1) is 8.11. The van der Waals surface area contributed by atoms with E-state index in [1.807, 2.05) is 13.0 Å². The minimum Gasteiger partial charge on any atom is -0.508 e. The zero-order valence-corrected chi connectivity index (χ0v) is 10.2. The Kier molecular flexibility index (Phi) is 3.36. The van der Waals surface area contributed by atoms with E-state index in [1.54, 1.807) is 30.3 Å². The summed E-state index contributed by atoms with van der Waals surface area (Å²) in [5, 5.41) is 19.5. The molecule has 88 valence electrons. The van der Waals surface area contributed by atoms with Gasteiger partial charge in [0.05, 0.1) is 6.61 Å². The highest BCUT2D eigenvalue weighted by molar-refractivity contribution is 6.30. The Hall–Kier alpha value is -1.51. The van der Waals surface area contributed by atoms with Gasteiger partial charge in [-0.1, -0.05) is 23.7 Å². The van der Waals surface area contributed by atoms with Crippen molar-refractivity contribution in [3.8, 4) is 16.9 Å². The van der Waals surface area contributed by atoms with E-state index in [4.69, 9.17) is 11.6 Å². The second-order valence-electron chi connectivity index (χ2n) is 3.96. The molecule has 0 aliphatic rings. The highest BCUT2D eigenvalue weighted by atomic mass is 35.5. The van der Waals surface area contributed by atoms with Gasteiger partial charge in [-0.3, -0.25) is 0 Å². The van der Waals surface area contributed by atoms with Crippen LogP contribution in [0, 0.1) is 6.92 Å². The molecule has 0 aliphatic heterocycles. The first kappa shape index (κ1) is 12.0. The van der Waals surface area contributed by atoms with Crippen LogP contribution in [0.4, 0.5) is 0 Å². The van der Waals surface area contributed by atoms with Gasteiger partial charge in [-0.25, -0.2) is 0 Å². The van der Waals surface area contributed by atoms with Gasteiger partial charge >= 0.3 is 0 Å². The third kappa shape index (κ3) is 2.43. The summed E-state index contributed by atoms with van der Waals surface area (Å²) in [6.45, 7) is 1.90. The number of phenols is 1. The van der Waals surface area contributed by atoms with Crippen molar-refractivity contribution < 1.29 is 10.2 Å². The minimum absolute atomic E-state index is 0.0540. The Morgan fingerprint density at radius 1 is 1.06 bits per heavy atom. The molecule has 0 radical (unpaired) electrons. The normalized spacial score (nSPS) is 10.5. The molecule has 0 fully saturated rings. The molecule has 17 heavy (non-hydrogen) atoms. The Morgan fingerprint density at radius 3 is 2.53 bits per heavy atom. The number of rotatable bonds is 2. The zero-order chi connectivity index (χ0) is 12.4. The van der Waals surface area contributed by atoms with E-state index in [0.717, 1.165) is 22.3 Å². The van der Waals surface area contributed by atoms with Gasteiger partial charge in [-0.2, -0.15) is 0 Å². The van der Waals surface area contributed by atoms with Crippen LogP contribution < -0.4 is 0 Å². The Morgan fingerprint density at radius 2 is 1.82 bits per heavy atom. The van der Waals surface area contributed by atoms with Crippen molar-refractivity contribution >= 4 is 11.6 Å². The van der Waals surface area contributed by atoms with Crippen LogP contribution in [-0.4, -0.2) is 10.2 Å². The molecular weight excluding hydrogens is 236 g/mol. The molecule has 2 rings (SSSR count). The third-order valence-electron chi connectivity index (χ3n) is 2.75. The molecule has 0 atom stereocenters. The molecule has 2 aromatic carbocycles. The monoisotopic (exact) mass is 248 g/mol. The molecule has 0 saturated carbocycles. The van der Waals surface area contributed by atoms with E-state index in [2.05, 4.69) is 0 Å². The number of phenolic OH excluding ortho intramolecular Hbond substituents is 1. The van der Waals surface area contributed by atoms with Gasteiger partial charge in [0.2, 0.25) is 0 Å². The maximum Gasteiger partial charge on any atom is 0.116 e. The van der Waals surface area contributed by atoms with Crippen LogP contribution in [0.5, 0.6) is 5.75 Å². The van der Waals surface area contributed by atoms with Crippen LogP contribution >= 0.6 is 11.6 Å². The molecule has 2 nitrogen and oxygen atoms in total. The topological polar surface area (TPSA) is 40.5 Å². The zero-order valence-electron chi connectivity index (χ0n) is 9.44. The largest absolute Gasteiger partial charge is 0.508 e. The number of hydrogen-bond donors (Lipinski definition) is 2. The minimum atomic E-state index is -0.0540. The fourth-order valence-electron chi connectivity index (χ4n) is 1.84. The summed E-state index contributed by atoms with van der Waals surface area (Å²) >= 11 is 5.97. The standard InChI is InChI=1S/C14H13ClO2/c1-9-2-5-12(17)7-13(9)14-6-11(15)4-3-10(14)8-16/h2-7,16-17H,8H2,1H3. The van der Waals surface area contributed by atoms with E-state index in [1.165, 1.54) is 0 Å².